The Morgan fingerprint density at radius 2 is 2.20 bits per heavy atom. The molecule has 116 valence electrons. The van der Waals surface area contributed by atoms with Crippen molar-refractivity contribution in [2.45, 2.75) is 44.2 Å². The van der Waals surface area contributed by atoms with Crippen molar-refractivity contribution in [3.63, 3.8) is 0 Å². The minimum atomic E-state index is -0.185. The molecule has 4 unspecified atom stereocenters. The lowest BCUT2D eigenvalue weighted by atomic mass is 9.75. The summed E-state index contributed by atoms with van der Waals surface area (Å²) >= 11 is 0. The van der Waals surface area contributed by atoms with Gasteiger partial charge in [-0.3, -0.25) is 4.79 Å². The second-order valence-electron chi connectivity index (χ2n) is 6.85. The first-order valence-electron chi connectivity index (χ1n) is 7.73. The molecular formula is C15H29N3O2. The van der Waals surface area contributed by atoms with Gasteiger partial charge in [0.15, 0.2) is 0 Å². The van der Waals surface area contributed by atoms with Crippen LogP contribution in [0.4, 0.5) is 0 Å². The highest BCUT2D eigenvalue weighted by Crippen LogP contribution is 2.35. The van der Waals surface area contributed by atoms with Gasteiger partial charge in [-0.05, 0) is 32.9 Å². The van der Waals surface area contributed by atoms with Crippen molar-refractivity contribution in [3.8, 4) is 0 Å². The van der Waals surface area contributed by atoms with Gasteiger partial charge < -0.3 is 20.7 Å². The Morgan fingerprint density at radius 1 is 1.45 bits per heavy atom. The number of hydrogen-bond donors (Lipinski definition) is 2. The maximum atomic E-state index is 12.3. The van der Waals surface area contributed by atoms with E-state index >= 15 is 0 Å². The average Bonchev–Trinajstić information content (AvgIpc) is 2.82. The summed E-state index contributed by atoms with van der Waals surface area (Å²) in [5.41, 5.74) is 6.00. The van der Waals surface area contributed by atoms with Gasteiger partial charge in [0.05, 0.1) is 19.1 Å². The summed E-state index contributed by atoms with van der Waals surface area (Å²) in [7, 11) is 4.24. The maximum Gasteiger partial charge on any atom is 0.227 e. The molecule has 5 nitrogen and oxygen atoms in total. The number of amides is 1. The highest BCUT2D eigenvalue weighted by molar-refractivity contribution is 5.79. The predicted octanol–water partition coefficient (Wildman–Crippen LogP) is 0.587. The molecular weight excluding hydrogens is 254 g/mol. The van der Waals surface area contributed by atoms with Crippen LogP contribution in [0, 0.1) is 11.8 Å². The molecule has 20 heavy (non-hydrogen) atoms. The third-order valence-corrected chi connectivity index (χ3v) is 5.07. The summed E-state index contributed by atoms with van der Waals surface area (Å²) in [6, 6.07) is -0.157. The van der Waals surface area contributed by atoms with Crippen molar-refractivity contribution >= 4 is 5.91 Å². The Morgan fingerprint density at radius 3 is 2.75 bits per heavy atom. The summed E-state index contributed by atoms with van der Waals surface area (Å²) in [6.45, 7) is 3.97. The summed E-state index contributed by atoms with van der Waals surface area (Å²) in [6.07, 6.45) is 4.83. The lowest BCUT2D eigenvalue weighted by Gasteiger charge is -2.45. The molecule has 5 heteroatoms. The van der Waals surface area contributed by atoms with Crippen LogP contribution >= 0.6 is 0 Å². The molecule has 0 aromatic rings. The lowest BCUT2D eigenvalue weighted by molar-refractivity contribution is -0.126. The second kappa shape index (κ2) is 6.41. The SMILES string of the molecule is CC1CCCC(CNC(=O)C2COCC2N)(N(C)C)C1. The number of nitrogens with one attached hydrogen (secondary N) is 1. The van der Waals surface area contributed by atoms with E-state index in [0.717, 1.165) is 18.8 Å². The van der Waals surface area contributed by atoms with Crippen LogP contribution in [0.25, 0.3) is 0 Å². The average molecular weight is 283 g/mol. The van der Waals surface area contributed by atoms with E-state index in [1.54, 1.807) is 0 Å². The number of rotatable bonds is 4. The molecule has 1 aliphatic carbocycles. The molecule has 3 N–H and O–H groups in total. The highest BCUT2D eigenvalue weighted by atomic mass is 16.5. The van der Waals surface area contributed by atoms with Gasteiger partial charge in [0.25, 0.3) is 0 Å². The number of hydrogen-bond acceptors (Lipinski definition) is 4. The van der Waals surface area contributed by atoms with Crippen LogP contribution in [0.1, 0.15) is 32.6 Å². The largest absolute Gasteiger partial charge is 0.379 e. The molecule has 2 fully saturated rings. The molecule has 1 aliphatic heterocycles. The molecule has 2 rings (SSSR count). The van der Waals surface area contributed by atoms with Gasteiger partial charge in [0.1, 0.15) is 0 Å². The Balaban J connectivity index is 1.93. The standard InChI is InChI=1S/C15H29N3O2/c1-11-5-4-6-15(7-11,18(2)3)10-17-14(19)12-8-20-9-13(12)16/h11-13H,4-10,16H2,1-3H3,(H,17,19). The van der Waals surface area contributed by atoms with E-state index in [1.807, 2.05) is 0 Å². The molecule has 0 aromatic heterocycles. The molecule has 0 spiro atoms. The van der Waals surface area contributed by atoms with Gasteiger partial charge in [-0.25, -0.2) is 0 Å². The predicted molar refractivity (Wildman–Crippen MR) is 79.3 cm³/mol. The fraction of sp³-hybridized carbons (Fsp3) is 0.933. The van der Waals surface area contributed by atoms with E-state index in [9.17, 15) is 4.79 Å². The fourth-order valence-corrected chi connectivity index (χ4v) is 3.58. The molecule has 2 aliphatic rings. The molecule has 4 atom stereocenters. The topological polar surface area (TPSA) is 67.6 Å². The molecule has 0 bridgehead atoms. The van der Waals surface area contributed by atoms with Crippen molar-refractivity contribution in [2.24, 2.45) is 17.6 Å². The van der Waals surface area contributed by atoms with Crippen LogP contribution < -0.4 is 11.1 Å². The van der Waals surface area contributed by atoms with Crippen LogP contribution in [-0.2, 0) is 9.53 Å². The number of likely N-dealkylation sites (N-methyl/N-ethyl adjacent to an activating group) is 1. The van der Waals surface area contributed by atoms with Crippen molar-refractivity contribution in [1.82, 2.24) is 10.2 Å². The second-order valence-corrected chi connectivity index (χ2v) is 6.85. The van der Waals surface area contributed by atoms with Crippen LogP contribution in [0.2, 0.25) is 0 Å². The quantitative estimate of drug-likeness (QED) is 0.792. The molecule has 1 heterocycles. The number of carbonyl (C=O) groups excluding carboxylic acids is 1. The molecule has 1 amide bonds. The van der Waals surface area contributed by atoms with Crippen LogP contribution in [0.5, 0.6) is 0 Å². The van der Waals surface area contributed by atoms with Crippen molar-refractivity contribution in [2.75, 3.05) is 33.9 Å². The molecule has 1 saturated heterocycles. The number of ether oxygens (including phenoxy) is 1. The monoisotopic (exact) mass is 283 g/mol. The van der Waals surface area contributed by atoms with E-state index in [0.29, 0.717) is 19.8 Å². The van der Waals surface area contributed by atoms with Crippen LogP contribution in [-0.4, -0.2) is 56.2 Å². The van der Waals surface area contributed by atoms with Gasteiger partial charge in [-0.1, -0.05) is 19.8 Å². The third kappa shape index (κ3) is 3.32. The van der Waals surface area contributed by atoms with Gasteiger partial charge in [-0.15, -0.1) is 0 Å². The number of nitrogens with two attached hydrogens (primary N) is 1. The maximum absolute atomic E-state index is 12.3. The van der Waals surface area contributed by atoms with Crippen LogP contribution in [0.3, 0.4) is 0 Å². The van der Waals surface area contributed by atoms with Gasteiger partial charge in [0.2, 0.25) is 5.91 Å². The van der Waals surface area contributed by atoms with E-state index in [-0.39, 0.29) is 23.4 Å². The van der Waals surface area contributed by atoms with E-state index in [1.165, 1.54) is 12.8 Å². The normalized spacial score (nSPS) is 38.1. The summed E-state index contributed by atoms with van der Waals surface area (Å²) < 4.78 is 5.28. The van der Waals surface area contributed by atoms with E-state index < -0.39 is 0 Å². The first-order valence-corrected chi connectivity index (χ1v) is 7.73. The van der Waals surface area contributed by atoms with Crippen molar-refractivity contribution in [3.05, 3.63) is 0 Å². The minimum absolute atomic E-state index is 0.0504. The zero-order valence-corrected chi connectivity index (χ0v) is 13.0. The van der Waals surface area contributed by atoms with E-state index in [4.69, 9.17) is 10.5 Å². The lowest BCUT2D eigenvalue weighted by Crippen LogP contribution is -2.56. The zero-order valence-electron chi connectivity index (χ0n) is 13.0. The third-order valence-electron chi connectivity index (χ3n) is 5.07. The highest BCUT2D eigenvalue weighted by Gasteiger charge is 2.38. The summed E-state index contributed by atoms with van der Waals surface area (Å²) in [4.78, 5) is 14.5. The van der Waals surface area contributed by atoms with Crippen molar-refractivity contribution < 1.29 is 9.53 Å². The minimum Gasteiger partial charge on any atom is -0.379 e. The molecule has 1 saturated carbocycles. The van der Waals surface area contributed by atoms with Gasteiger partial charge >= 0.3 is 0 Å². The molecule has 0 radical (unpaired) electrons. The van der Waals surface area contributed by atoms with Crippen LogP contribution in [0.15, 0.2) is 0 Å². The smallest absolute Gasteiger partial charge is 0.227 e. The van der Waals surface area contributed by atoms with Gasteiger partial charge in [0, 0.05) is 18.1 Å². The van der Waals surface area contributed by atoms with Gasteiger partial charge in [-0.2, -0.15) is 0 Å². The Hall–Kier alpha value is -0.650. The summed E-state index contributed by atoms with van der Waals surface area (Å²) in [5.74, 6) is 0.588. The van der Waals surface area contributed by atoms with E-state index in [2.05, 4.69) is 31.2 Å². The number of nitrogens with zero attached hydrogens (tertiary/aromatic N) is 1. The van der Waals surface area contributed by atoms with Crippen molar-refractivity contribution in [1.29, 1.82) is 0 Å². The number of carbonyl (C=O) groups is 1. The first kappa shape index (κ1) is 15.7. The Kier molecular flexibility index (Phi) is 5.04. The summed E-state index contributed by atoms with van der Waals surface area (Å²) in [5, 5.41) is 3.13. The Labute approximate surface area is 122 Å². The zero-order chi connectivity index (χ0) is 14.8. The molecule has 0 aromatic carbocycles. The first-order chi connectivity index (χ1) is 9.44. The fourth-order valence-electron chi connectivity index (χ4n) is 3.58. The Bertz CT molecular complexity index is 348.